The molecule has 0 saturated carbocycles. The first-order valence-corrected chi connectivity index (χ1v) is 11.0. The number of methoxy groups -OCH3 is 1. The minimum Gasteiger partial charge on any atom is -0.494 e. The topological polar surface area (TPSA) is 103 Å². The molecule has 9 nitrogen and oxygen atoms in total. The number of nitro benzene ring substituents is 1. The Morgan fingerprint density at radius 2 is 2.06 bits per heavy atom. The van der Waals surface area contributed by atoms with E-state index in [-0.39, 0.29) is 24.0 Å². The van der Waals surface area contributed by atoms with Crippen LogP contribution >= 0.6 is 23.7 Å². The summed E-state index contributed by atoms with van der Waals surface area (Å²) in [7, 11) is 1.59. The fourth-order valence-corrected chi connectivity index (χ4v) is 4.30. The van der Waals surface area contributed by atoms with Gasteiger partial charge in [0.15, 0.2) is 5.13 Å². The van der Waals surface area contributed by atoms with Crippen molar-refractivity contribution in [1.82, 2.24) is 14.5 Å². The number of carbonyl (C=O) groups is 1. The second-order valence-corrected chi connectivity index (χ2v) is 8.14. The van der Waals surface area contributed by atoms with Gasteiger partial charge >= 0.3 is 0 Å². The van der Waals surface area contributed by atoms with E-state index in [1.54, 1.807) is 42.7 Å². The Balaban J connectivity index is 0.00000324. The number of aromatic nitrogens is 3. The smallest absolute Gasteiger partial charge is 0.269 e. The van der Waals surface area contributed by atoms with Crippen molar-refractivity contribution in [2.24, 2.45) is 0 Å². The maximum atomic E-state index is 13.2. The van der Waals surface area contributed by atoms with Crippen LogP contribution in [0, 0.1) is 10.1 Å². The Labute approximate surface area is 205 Å². The zero-order valence-corrected chi connectivity index (χ0v) is 19.9. The van der Waals surface area contributed by atoms with Crippen molar-refractivity contribution in [1.29, 1.82) is 0 Å². The van der Waals surface area contributed by atoms with Crippen LogP contribution in [0.4, 0.5) is 10.8 Å². The third-order valence-corrected chi connectivity index (χ3v) is 6.01. The molecule has 0 radical (unpaired) electrons. The number of thiazole rings is 1. The Hall–Kier alpha value is -3.76. The number of fused-ring (bicyclic) bond motifs is 1. The molecule has 0 aliphatic rings. The lowest BCUT2D eigenvalue weighted by Gasteiger charge is -2.18. The molecular weight excluding hydrogens is 478 g/mol. The third-order valence-electron chi connectivity index (χ3n) is 4.97. The predicted octanol–water partition coefficient (Wildman–Crippen LogP) is 4.97. The molecule has 0 spiro atoms. The molecule has 34 heavy (non-hydrogen) atoms. The number of carbonyl (C=O) groups excluding carboxylic acids is 1. The van der Waals surface area contributed by atoms with Crippen LogP contribution in [0.5, 0.6) is 5.75 Å². The summed E-state index contributed by atoms with van der Waals surface area (Å²) in [6.45, 7) is 1.17. The number of nitro groups is 1. The van der Waals surface area contributed by atoms with Crippen LogP contribution in [-0.2, 0) is 11.3 Å². The highest BCUT2D eigenvalue weighted by molar-refractivity contribution is 7.22. The van der Waals surface area contributed by atoms with Gasteiger partial charge in [-0.15, -0.1) is 12.4 Å². The summed E-state index contributed by atoms with van der Waals surface area (Å²) in [6.07, 6.45) is 9.15. The zero-order chi connectivity index (χ0) is 23.2. The van der Waals surface area contributed by atoms with E-state index >= 15 is 0 Å². The predicted molar refractivity (Wildman–Crippen MR) is 135 cm³/mol. The maximum Gasteiger partial charge on any atom is 0.269 e. The van der Waals surface area contributed by atoms with E-state index in [4.69, 9.17) is 4.74 Å². The number of rotatable bonds is 9. The molecule has 0 bridgehead atoms. The first kappa shape index (κ1) is 24.9. The minimum absolute atomic E-state index is 0. The first-order valence-electron chi connectivity index (χ1n) is 10.2. The second kappa shape index (κ2) is 11.4. The van der Waals surface area contributed by atoms with Gasteiger partial charge in [-0.05, 0) is 42.3 Å². The molecule has 0 saturated heterocycles. The highest BCUT2D eigenvalue weighted by Gasteiger charge is 2.19. The largest absolute Gasteiger partial charge is 0.494 e. The van der Waals surface area contributed by atoms with Crippen LogP contribution in [0.1, 0.15) is 12.0 Å². The number of amides is 1. The highest BCUT2D eigenvalue weighted by Crippen LogP contribution is 2.34. The number of aryl methyl sites for hydroxylation is 1. The van der Waals surface area contributed by atoms with E-state index in [0.29, 0.717) is 41.5 Å². The molecule has 0 aliphatic heterocycles. The van der Waals surface area contributed by atoms with Crippen LogP contribution in [0.2, 0.25) is 0 Å². The number of hydrogen-bond donors (Lipinski definition) is 0. The Morgan fingerprint density at radius 3 is 2.74 bits per heavy atom. The molecule has 4 rings (SSSR count). The Morgan fingerprint density at radius 1 is 1.26 bits per heavy atom. The van der Waals surface area contributed by atoms with E-state index in [9.17, 15) is 14.9 Å². The standard InChI is InChI=1S/C23H21N5O4S.ClH/c1-32-19-4-2-5-20-22(19)25-23(33-20)27(14-3-13-26-15-12-24-16-26)21(29)11-8-17-6-9-18(10-7-17)28(30)31;/h2,4-12,15-16H,3,13-14H2,1H3;1H/b11-8+;. The molecule has 11 heteroatoms. The summed E-state index contributed by atoms with van der Waals surface area (Å²) < 4.78 is 8.29. The number of nitrogens with zero attached hydrogens (tertiary/aromatic N) is 5. The summed E-state index contributed by atoms with van der Waals surface area (Å²) >= 11 is 1.42. The van der Waals surface area contributed by atoms with Crippen molar-refractivity contribution in [3.05, 3.63) is 82.9 Å². The lowest BCUT2D eigenvalue weighted by molar-refractivity contribution is -0.384. The summed E-state index contributed by atoms with van der Waals surface area (Å²) in [4.78, 5) is 33.9. The van der Waals surface area contributed by atoms with Gasteiger partial charge in [0.25, 0.3) is 11.6 Å². The number of halogens is 1. The van der Waals surface area contributed by atoms with Gasteiger partial charge in [-0.25, -0.2) is 9.97 Å². The third kappa shape index (κ3) is 5.77. The molecule has 0 fully saturated rings. The van der Waals surface area contributed by atoms with Crippen molar-refractivity contribution in [3.63, 3.8) is 0 Å². The van der Waals surface area contributed by atoms with Crippen LogP contribution in [0.3, 0.4) is 0 Å². The highest BCUT2D eigenvalue weighted by atomic mass is 35.5. The fraction of sp³-hybridized carbons (Fsp3) is 0.174. The van der Waals surface area contributed by atoms with E-state index in [1.807, 2.05) is 29.0 Å². The first-order chi connectivity index (χ1) is 16.0. The van der Waals surface area contributed by atoms with Crippen LogP contribution in [0.25, 0.3) is 16.3 Å². The summed E-state index contributed by atoms with van der Waals surface area (Å²) in [5.74, 6) is 0.430. The van der Waals surface area contributed by atoms with E-state index in [2.05, 4.69) is 9.97 Å². The summed E-state index contributed by atoms with van der Waals surface area (Å²) in [6, 6.07) is 11.7. The lowest BCUT2D eigenvalue weighted by atomic mass is 10.2. The molecule has 0 unspecified atom stereocenters. The van der Waals surface area contributed by atoms with Gasteiger partial charge in [-0.2, -0.15) is 0 Å². The van der Waals surface area contributed by atoms with Crippen molar-refractivity contribution in [2.75, 3.05) is 18.6 Å². The van der Waals surface area contributed by atoms with Crippen LogP contribution < -0.4 is 9.64 Å². The average Bonchev–Trinajstić information content (AvgIpc) is 3.50. The Bertz CT molecular complexity index is 1290. The van der Waals surface area contributed by atoms with Gasteiger partial charge in [0.1, 0.15) is 11.3 Å². The maximum absolute atomic E-state index is 13.2. The molecule has 2 aromatic carbocycles. The molecule has 0 N–H and O–H groups in total. The van der Waals surface area contributed by atoms with Crippen molar-refractivity contribution in [3.8, 4) is 5.75 Å². The molecule has 1 amide bonds. The van der Waals surface area contributed by atoms with Gasteiger partial charge in [0.2, 0.25) is 0 Å². The molecule has 0 aliphatic carbocycles. The van der Waals surface area contributed by atoms with Gasteiger partial charge in [-0.1, -0.05) is 17.4 Å². The number of anilines is 1. The number of hydrogen-bond acceptors (Lipinski definition) is 7. The van der Waals surface area contributed by atoms with Crippen LogP contribution in [0.15, 0.2) is 67.3 Å². The minimum atomic E-state index is -0.456. The molecule has 176 valence electrons. The van der Waals surface area contributed by atoms with Gasteiger partial charge in [-0.3, -0.25) is 19.8 Å². The molecular formula is C23H22ClN5O4S. The number of non-ortho nitro benzene ring substituents is 1. The Kier molecular flexibility index (Phi) is 8.34. The van der Waals surface area contributed by atoms with Crippen molar-refractivity contribution >= 4 is 56.8 Å². The number of para-hydroxylation sites is 1. The zero-order valence-electron chi connectivity index (χ0n) is 18.2. The number of benzene rings is 2. The van der Waals surface area contributed by atoms with Gasteiger partial charge < -0.3 is 9.30 Å². The quantitative estimate of drug-likeness (QED) is 0.183. The van der Waals surface area contributed by atoms with E-state index < -0.39 is 4.92 Å². The van der Waals surface area contributed by atoms with Gasteiger partial charge in [0.05, 0.1) is 23.1 Å². The molecule has 2 aromatic heterocycles. The number of ether oxygens (including phenoxy) is 1. The molecule has 4 aromatic rings. The van der Waals surface area contributed by atoms with Gasteiger partial charge in [0, 0.05) is 43.7 Å². The van der Waals surface area contributed by atoms with E-state index in [1.165, 1.54) is 29.5 Å². The normalized spacial score (nSPS) is 10.9. The lowest BCUT2D eigenvalue weighted by Crippen LogP contribution is -2.30. The summed E-state index contributed by atoms with van der Waals surface area (Å²) in [5.41, 5.74) is 1.41. The number of imidazole rings is 1. The van der Waals surface area contributed by atoms with Crippen molar-refractivity contribution in [2.45, 2.75) is 13.0 Å². The summed E-state index contributed by atoms with van der Waals surface area (Å²) in [5, 5.41) is 11.4. The molecule has 2 heterocycles. The SMILES string of the molecule is COc1cccc2sc(N(CCCn3ccnc3)C(=O)/C=C/c3ccc([N+](=O)[O-])cc3)nc12.Cl. The second-order valence-electron chi connectivity index (χ2n) is 7.13. The molecule has 0 atom stereocenters. The van der Waals surface area contributed by atoms with Crippen LogP contribution in [-0.4, -0.2) is 39.0 Å². The average molecular weight is 500 g/mol. The van der Waals surface area contributed by atoms with Crippen molar-refractivity contribution < 1.29 is 14.5 Å². The fourth-order valence-electron chi connectivity index (χ4n) is 3.29. The monoisotopic (exact) mass is 499 g/mol. The van der Waals surface area contributed by atoms with E-state index in [0.717, 1.165) is 4.70 Å².